The van der Waals surface area contributed by atoms with E-state index < -0.39 is 5.97 Å². The van der Waals surface area contributed by atoms with Crippen LogP contribution in [0.5, 0.6) is 0 Å². The van der Waals surface area contributed by atoms with Gasteiger partial charge in [-0.3, -0.25) is 9.59 Å². The average Bonchev–Trinajstić information content (AvgIpc) is 2.35. The largest absolute Gasteiger partial charge is 0.481 e. The lowest BCUT2D eigenvalue weighted by Gasteiger charge is -2.30. The SMILES string of the molecule is CC(C)(C)C(CC(=O)O)NC(=O)CSc1ccccc1. The monoisotopic (exact) mass is 295 g/mol. The molecular formula is C15H21NO3S. The molecule has 0 radical (unpaired) electrons. The maximum absolute atomic E-state index is 11.9. The summed E-state index contributed by atoms with van der Waals surface area (Å²) >= 11 is 1.44. The van der Waals surface area contributed by atoms with E-state index >= 15 is 0 Å². The van der Waals surface area contributed by atoms with E-state index in [1.807, 2.05) is 51.1 Å². The molecule has 1 rings (SSSR count). The van der Waals surface area contributed by atoms with E-state index in [4.69, 9.17) is 5.11 Å². The Hall–Kier alpha value is -1.49. The molecule has 0 aliphatic rings. The summed E-state index contributed by atoms with van der Waals surface area (Å²) in [6.07, 6.45) is -0.0642. The highest BCUT2D eigenvalue weighted by Gasteiger charge is 2.28. The van der Waals surface area contributed by atoms with Gasteiger partial charge in [-0.05, 0) is 17.5 Å². The minimum Gasteiger partial charge on any atom is -0.481 e. The molecule has 0 bridgehead atoms. The van der Waals surface area contributed by atoms with E-state index in [9.17, 15) is 9.59 Å². The third-order valence-electron chi connectivity index (χ3n) is 2.87. The Kier molecular flexibility index (Phi) is 6.07. The van der Waals surface area contributed by atoms with Crippen molar-refractivity contribution >= 4 is 23.6 Å². The lowest BCUT2D eigenvalue weighted by atomic mass is 9.85. The van der Waals surface area contributed by atoms with Gasteiger partial charge < -0.3 is 10.4 Å². The van der Waals surface area contributed by atoms with Crippen LogP contribution in [0.1, 0.15) is 27.2 Å². The van der Waals surface area contributed by atoms with Crippen LogP contribution < -0.4 is 5.32 Å². The summed E-state index contributed by atoms with van der Waals surface area (Å²) < 4.78 is 0. The molecule has 0 heterocycles. The summed E-state index contributed by atoms with van der Waals surface area (Å²) in [5, 5.41) is 11.7. The maximum atomic E-state index is 11.9. The van der Waals surface area contributed by atoms with Crippen molar-refractivity contribution in [1.82, 2.24) is 5.32 Å². The molecule has 0 spiro atoms. The lowest BCUT2D eigenvalue weighted by molar-refractivity contribution is -0.138. The predicted octanol–water partition coefficient (Wildman–Crippen LogP) is 2.78. The number of carboxylic acids is 1. The average molecular weight is 295 g/mol. The van der Waals surface area contributed by atoms with Crippen LogP contribution in [0, 0.1) is 5.41 Å². The highest BCUT2D eigenvalue weighted by molar-refractivity contribution is 8.00. The summed E-state index contributed by atoms with van der Waals surface area (Å²) in [6, 6.07) is 9.27. The van der Waals surface area contributed by atoms with Gasteiger partial charge in [-0.2, -0.15) is 0 Å². The van der Waals surface area contributed by atoms with Crippen molar-refractivity contribution < 1.29 is 14.7 Å². The van der Waals surface area contributed by atoms with Crippen LogP contribution in [0.25, 0.3) is 0 Å². The minimum atomic E-state index is -0.902. The third kappa shape index (κ3) is 6.10. The predicted molar refractivity (Wildman–Crippen MR) is 80.8 cm³/mol. The first-order chi connectivity index (χ1) is 9.29. The molecule has 5 heteroatoms. The lowest BCUT2D eigenvalue weighted by Crippen LogP contribution is -2.45. The molecule has 20 heavy (non-hydrogen) atoms. The summed E-state index contributed by atoms with van der Waals surface area (Å²) in [6.45, 7) is 5.77. The number of hydrogen-bond acceptors (Lipinski definition) is 3. The molecule has 0 fully saturated rings. The molecule has 0 saturated heterocycles. The molecular weight excluding hydrogens is 274 g/mol. The summed E-state index contributed by atoms with van der Waals surface area (Å²) in [5.74, 6) is -0.753. The van der Waals surface area contributed by atoms with Crippen molar-refractivity contribution in [3.05, 3.63) is 30.3 Å². The number of thioether (sulfide) groups is 1. The number of nitrogens with one attached hydrogen (secondary N) is 1. The molecule has 1 atom stereocenters. The van der Waals surface area contributed by atoms with Gasteiger partial charge in [0.15, 0.2) is 0 Å². The molecule has 0 aromatic heterocycles. The fourth-order valence-corrected chi connectivity index (χ4v) is 2.38. The highest BCUT2D eigenvalue weighted by Crippen LogP contribution is 2.22. The molecule has 1 unspecified atom stereocenters. The number of carboxylic acid groups (broad SMARTS) is 1. The van der Waals surface area contributed by atoms with Crippen LogP contribution in [0.15, 0.2) is 35.2 Å². The zero-order valence-electron chi connectivity index (χ0n) is 12.1. The van der Waals surface area contributed by atoms with Gasteiger partial charge in [0.1, 0.15) is 0 Å². The summed E-state index contributed by atoms with van der Waals surface area (Å²) in [4.78, 5) is 23.8. The molecule has 0 aliphatic carbocycles. The summed E-state index contributed by atoms with van der Waals surface area (Å²) in [7, 11) is 0. The van der Waals surface area contributed by atoms with Gasteiger partial charge in [-0.15, -0.1) is 11.8 Å². The van der Waals surface area contributed by atoms with Crippen LogP contribution in [0.2, 0.25) is 0 Å². The number of hydrogen-bond donors (Lipinski definition) is 2. The molecule has 1 aromatic carbocycles. The van der Waals surface area contributed by atoms with Crippen LogP contribution in [0.4, 0.5) is 0 Å². The van der Waals surface area contributed by atoms with Crippen molar-refractivity contribution in [3.8, 4) is 0 Å². The van der Waals surface area contributed by atoms with Gasteiger partial charge in [-0.1, -0.05) is 39.0 Å². The second kappa shape index (κ2) is 7.33. The van der Waals surface area contributed by atoms with Gasteiger partial charge in [-0.25, -0.2) is 0 Å². The van der Waals surface area contributed by atoms with Gasteiger partial charge in [0, 0.05) is 10.9 Å². The van der Waals surface area contributed by atoms with Gasteiger partial charge >= 0.3 is 5.97 Å². The van der Waals surface area contributed by atoms with Crippen molar-refractivity contribution in [3.63, 3.8) is 0 Å². The number of rotatable bonds is 6. The van der Waals surface area contributed by atoms with Crippen molar-refractivity contribution in [2.45, 2.75) is 38.1 Å². The topological polar surface area (TPSA) is 66.4 Å². The summed E-state index contributed by atoms with van der Waals surface area (Å²) in [5.41, 5.74) is -0.286. The standard InChI is InChI=1S/C15H21NO3S/c1-15(2,3)12(9-14(18)19)16-13(17)10-20-11-7-5-4-6-8-11/h4-8,12H,9-10H2,1-3H3,(H,16,17)(H,18,19). The Labute approximate surface area is 124 Å². The number of benzene rings is 1. The fourth-order valence-electron chi connectivity index (χ4n) is 1.65. The van der Waals surface area contributed by atoms with Crippen LogP contribution in [0.3, 0.4) is 0 Å². The number of aliphatic carboxylic acids is 1. The van der Waals surface area contributed by atoms with Crippen molar-refractivity contribution in [2.24, 2.45) is 5.41 Å². The Morgan fingerprint density at radius 2 is 1.85 bits per heavy atom. The first-order valence-electron chi connectivity index (χ1n) is 6.48. The van der Waals surface area contributed by atoms with E-state index in [1.165, 1.54) is 11.8 Å². The Bertz CT molecular complexity index is 454. The third-order valence-corrected chi connectivity index (χ3v) is 3.88. The van der Waals surface area contributed by atoms with Crippen LogP contribution >= 0.6 is 11.8 Å². The molecule has 2 N–H and O–H groups in total. The first-order valence-corrected chi connectivity index (χ1v) is 7.46. The van der Waals surface area contributed by atoms with Gasteiger partial charge in [0.2, 0.25) is 5.91 Å². The number of amides is 1. The second-order valence-corrected chi connectivity index (χ2v) is 6.73. The van der Waals surface area contributed by atoms with Crippen molar-refractivity contribution in [1.29, 1.82) is 0 Å². The van der Waals surface area contributed by atoms with E-state index in [0.29, 0.717) is 0 Å². The Morgan fingerprint density at radius 3 is 2.35 bits per heavy atom. The normalized spacial score (nSPS) is 12.8. The zero-order valence-corrected chi connectivity index (χ0v) is 12.9. The smallest absolute Gasteiger partial charge is 0.305 e. The molecule has 110 valence electrons. The van der Waals surface area contributed by atoms with Crippen LogP contribution in [-0.2, 0) is 9.59 Å². The highest BCUT2D eigenvalue weighted by atomic mass is 32.2. The fraction of sp³-hybridized carbons (Fsp3) is 0.467. The first kappa shape index (κ1) is 16.6. The Balaban J connectivity index is 2.52. The van der Waals surface area contributed by atoms with E-state index in [0.717, 1.165) is 4.90 Å². The van der Waals surface area contributed by atoms with E-state index in [2.05, 4.69) is 5.32 Å². The maximum Gasteiger partial charge on any atom is 0.305 e. The van der Waals surface area contributed by atoms with Gasteiger partial charge in [0.05, 0.1) is 12.2 Å². The van der Waals surface area contributed by atoms with Crippen LogP contribution in [-0.4, -0.2) is 28.8 Å². The quantitative estimate of drug-likeness (QED) is 0.792. The van der Waals surface area contributed by atoms with Crippen molar-refractivity contribution in [2.75, 3.05) is 5.75 Å². The zero-order chi connectivity index (χ0) is 15.2. The minimum absolute atomic E-state index is 0.0642. The molecule has 0 saturated carbocycles. The van der Waals surface area contributed by atoms with E-state index in [1.54, 1.807) is 0 Å². The van der Waals surface area contributed by atoms with E-state index in [-0.39, 0.29) is 29.5 Å². The number of carbonyl (C=O) groups is 2. The molecule has 0 aliphatic heterocycles. The molecule has 1 amide bonds. The molecule has 4 nitrogen and oxygen atoms in total. The Morgan fingerprint density at radius 1 is 1.25 bits per heavy atom. The number of carbonyl (C=O) groups excluding carboxylic acids is 1. The van der Waals surface area contributed by atoms with Gasteiger partial charge in [0.25, 0.3) is 0 Å². The second-order valence-electron chi connectivity index (χ2n) is 5.69. The molecule has 1 aromatic rings.